The number of rotatable bonds is 2. The first-order valence-corrected chi connectivity index (χ1v) is 9.69. The van der Waals surface area contributed by atoms with E-state index in [1.165, 1.54) is 23.3 Å². The molecule has 3 atom stereocenters. The third kappa shape index (κ3) is 3.30. The van der Waals surface area contributed by atoms with Gasteiger partial charge in [0.2, 0.25) is 0 Å². The third-order valence-electron chi connectivity index (χ3n) is 4.05. The van der Waals surface area contributed by atoms with E-state index in [0.717, 1.165) is 6.42 Å². The van der Waals surface area contributed by atoms with Crippen LogP contribution < -0.4 is 0 Å². The van der Waals surface area contributed by atoms with Crippen molar-refractivity contribution in [2.24, 2.45) is 17.8 Å². The molecule has 2 nitrogen and oxygen atoms in total. The molecule has 5 heteroatoms. The summed E-state index contributed by atoms with van der Waals surface area (Å²) in [6.07, 6.45) is 0.941. The molecule has 0 aromatic carbocycles. The zero-order chi connectivity index (χ0) is 14.3. The Bertz CT molecular complexity index is 345. The van der Waals surface area contributed by atoms with Crippen LogP contribution in [-0.2, 0) is 4.79 Å². The first-order valence-electron chi connectivity index (χ1n) is 6.91. The van der Waals surface area contributed by atoms with Crippen molar-refractivity contribution in [3.8, 4) is 0 Å². The minimum absolute atomic E-state index is 0.0299. The molecule has 0 unspecified atom stereocenters. The number of hydrogen-bond acceptors (Lipinski definition) is 5. The standard InChI is InChI=1S/C14H24O2S3/c1-9-11(8-15)10(12(16)19-13(2,3)4)7-14(9)17-5-6-18-14/h9-11,15H,5-8H2,1-4H3/t9-,10+,11-/m0/s1. The van der Waals surface area contributed by atoms with Crippen molar-refractivity contribution >= 4 is 40.4 Å². The Morgan fingerprint density at radius 1 is 1.37 bits per heavy atom. The summed E-state index contributed by atoms with van der Waals surface area (Å²) in [6, 6.07) is 0. The summed E-state index contributed by atoms with van der Waals surface area (Å²) >= 11 is 5.47. The van der Waals surface area contributed by atoms with Gasteiger partial charge >= 0.3 is 0 Å². The Balaban J connectivity index is 2.14. The molecule has 0 aromatic rings. The lowest BCUT2D eigenvalue weighted by Gasteiger charge is -2.28. The van der Waals surface area contributed by atoms with Crippen LogP contribution in [0.25, 0.3) is 0 Å². The molecule has 2 fully saturated rings. The highest BCUT2D eigenvalue weighted by Crippen LogP contribution is 2.61. The average molecular weight is 321 g/mol. The number of carbonyl (C=O) groups excluding carboxylic acids is 1. The Kier molecular flexibility index (Phi) is 4.92. The van der Waals surface area contributed by atoms with Gasteiger partial charge in [0.05, 0.1) is 4.08 Å². The molecule has 1 spiro atoms. The fraction of sp³-hybridized carbons (Fsp3) is 0.929. The maximum absolute atomic E-state index is 12.5. The maximum atomic E-state index is 12.5. The van der Waals surface area contributed by atoms with Crippen molar-refractivity contribution in [1.82, 2.24) is 0 Å². The normalized spacial score (nSPS) is 34.1. The van der Waals surface area contributed by atoms with Crippen LogP contribution >= 0.6 is 35.3 Å². The summed E-state index contributed by atoms with van der Waals surface area (Å²) in [4.78, 5) is 12.5. The van der Waals surface area contributed by atoms with E-state index in [1.54, 1.807) is 0 Å². The molecule has 0 aromatic heterocycles. The summed E-state index contributed by atoms with van der Waals surface area (Å²) in [5.41, 5.74) is 0. The van der Waals surface area contributed by atoms with Gasteiger partial charge in [0.25, 0.3) is 0 Å². The van der Waals surface area contributed by atoms with Gasteiger partial charge < -0.3 is 5.11 Å². The Morgan fingerprint density at radius 3 is 2.42 bits per heavy atom. The van der Waals surface area contributed by atoms with Crippen LogP contribution in [0, 0.1) is 17.8 Å². The highest BCUT2D eigenvalue weighted by atomic mass is 32.2. The minimum Gasteiger partial charge on any atom is -0.396 e. The molecule has 1 saturated carbocycles. The summed E-state index contributed by atoms with van der Waals surface area (Å²) < 4.78 is 0.151. The van der Waals surface area contributed by atoms with Crippen molar-refractivity contribution in [2.75, 3.05) is 18.1 Å². The fourth-order valence-electron chi connectivity index (χ4n) is 3.09. The van der Waals surface area contributed by atoms with Gasteiger partial charge in [-0.25, -0.2) is 0 Å². The summed E-state index contributed by atoms with van der Waals surface area (Å²) in [5, 5.41) is 10.00. The van der Waals surface area contributed by atoms with E-state index in [0.29, 0.717) is 5.92 Å². The number of aliphatic hydroxyl groups excluding tert-OH is 1. The van der Waals surface area contributed by atoms with Gasteiger partial charge in [-0.3, -0.25) is 4.79 Å². The van der Waals surface area contributed by atoms with Crippen LogP contribution in [0.15, 0.2) is 0 Å². The Labute approximate surface area is 129 Å². The SMILES string of the molecule is C[C@H]1[C@H](CO)[C@H](C(=O)SC(C)(C)C)CC12SCCS2. The van der Waals surface area contributed by atoms with E-state index in [4.69, 9.17) is 0 Å². The van der Waals surface area contributed by atoms with Crippen molar-refractivity contribution in [2.45, 2.75) is 42.9 Å². The predicted octanol–water partition coefficient (Wildman–Crippen LogP) is 3.49. The molecule has 0 bridgehead atoms. The highest BCUT2D eigenvalue weighted by molar-refractivity contribution is 8.21. The van der Waals surface area contributed by atoms with Crippen LogP contribution in [0.1, 0.15) is 34.1 Å². The summed E-state index contributed by atoms with van der Waals surface area (Å²) in [6.45, 7) is 8.61. The van der Waals surface area contributed by atoms with Gasteiger partial charge in [0.15, 0.2) is 5.12 Å². The van der Waals surface area contributed by atoms with Crippen LogP contribution in [0.4, 0.5) is 0 Å². The van der Waals surface area contributed by atoms with Gasteiger partial charge in [-0.15, -0.1) is 23.5 Å². The lowest BCUT2D eigenvalue weighted by atomic mass is 9.92. The topological polar surface area (TPSA) is 37.3 Å². The molecular formula is C14H24O2S3. The van der Waals surface area contributed by atoms with E-state index in [9.17, 15) is 9.90 Å². The number of hydrogen-bond donors (Lipinski definition) is 1. The molecule has 1 aliphatic carbocycles. The predicted molar refractivity (Wildman–Crippen MR) is 87.8 cm³/mol. The third-order valence-corrected chi connectivity index (χ3v) is 9.01. The van der Waals surface area contributed by atoms with Crippen LogP contribution in [0.3, 0.4) is 0 Å². The molecular weight excluding hydrogens is 296 g/mol. The fourth-order valence-corrected chi connectivity index (χ4v) is 7.76. The second-order valence-electron chi connectivity index (χ2n) is 6.49. The smallest absolute Gasteiger partial charge is 0.192 e. The van der Waals surface area contributed by atoms with Crippen LogP contribution in [0.2, 0.25) is 0 Å². The van der Waals surface area contributed by atoms with Gasteiger partial charge in [0.1, 0.15) is 0 Å². The first-order chi connectivity index (χ1) is 8.79. The zero-order valence-corrected chi connectivity index (χ0v) is 14.6. The Hall–Kier alpha value is 0.680. The van der Waals surface area contributed by atoms with E-state index < -0.39 is 0 Å². The molecule has 1 aliphatic heterocycles. The van der Waals surface area contributed by atoms with E-state index in [2.05, 4.69) is 27.7 Å². The van der Waals surface area contributed by atoms with Crippen molar-refractivity contribution in [3.05, 3.63) is 0 Å². The van der Waals surface area contributed by atoms with E-state index in [1.807, 2.05) is 23.5 Å². The van der Waals surface area contributed by atoms with E-state index in [-0.39, 0.29) is 32.4 Å². The minimum atomic E-state index is -0.0357. The van der Waals surface area contributed by atoms with Crippen molar-refractivity contribution in [1.29, 1.82) is 0 Å². The first kappa shape index (κ1) is 16.1. The summed E-state index contributed by atoms with van der Waals surface area (Å²) in [5.74, 6) is 2.95. The van der Waals surface area contributed by atoms with Gasteiger partial charge in [-0.2, -0.15) is 0 Å². The molecule has 1 heterocycles. The van der Waals surface area contributed by atoms with Crippen molar-refractivity contribution in [3.63, 3.8) is 0 Å². The lowest BCUT2D eigenvalue weighted by Crippen LogP contribution is -2.27. The number of carbonyl (C=O) groups is 1. The van der Waals surface area contributed by atoms with Gasteiger partial charge in [-0.05, 0) is 18.3 Å². The van der Waals surface area contributed by atoms with Crippen LogP contribution in [0.5, 0.6) is 0 Å². The van der Waals surface area contributed by atoms with Gasteiger partial charge in [0, 0.05) is 28.8 Å². The molecule has 1 N–H and O–H groups in total. The highest BCUT2D eigenvalue weighted by Gasteiger charge is 2.55. The molecule has 110 valence electrons. The van der Waals surface area contributed by atoms with Crippen LogP contribution in [-0.4, -0.2) is 37.2 Å². The summed E-state index contributed by atoms with van der Waals surface area (Å²) in [7, 11) is 0. The second kappa shape index (κ2) is 5.82. The number of thioether (sulfide) groups is 3. The molecule has 0 radical (unpaired) electrons. The quantitative estimate of drug-likeness (QED) is 0.843. The zero-order valence-electron chi connectivity index (χ0n) is 12.1. The molecule has 0 amide bonds. The number of aliphatic hydroxyl groups is 1. The molecule has 2 aliphatic rings. The van der Waals surface area contributed by atoms with Gasteiger partial charge in [-0.1, -0.05) is 39.5 Å². The Morgan fingerprint density at radius 2 is 1.95 bits per heavy atom. The monoisotopic (exact) mass is 320 g/mol. The molecule has 19 heavy (non-hydrogen) atoms. The molecule has 2 rings (SSSR count). The van der Waals surface area contributed by atoms with E-state index >= 15 is 0 Å². The maximum Gasteiger partial charge on any atom is 0.192 e. The second-order valence-corrected chi connectivity index (χ2v) is 11.4. The molecule has 1 saturated heterocycles. The lowest BCUT2D eigenvalue weighted by molar-refractivity contribution is -0.116. The largest absolute Gasteiger partial charge is 0.396 e. The average Bonchev–Trinajstić information content (AvgIpc) is 2.85. The van der Waals surface area contributed by atoms with Crippen molar-refractivity contribution < 1.29 is 9.90 Å².